The van der Waals surface area contributed by atoms with Gasteiger partial charge in [-0.25, -0.2) is 0 Å². The molecule has 3 atom stereocenters. The molecule has 2 fully saturated rings. The van der Waals surface area contributed by atoms with Gasteiger partial charge in [0.25, 0.3) is 0 Å². The first kappa shape index (κ1) is 13.1. The van der Waals surface area contributed by atoms with Gasteiger partial charge in [-0.2, -0.15) is 0 Å². The molecule has 2 aliphatic rings. The molecular formula is C17H26N2. The van der Waals surface area contributed by atoms with E-state index in [1.54, 1.807) is 0 Å². The number of nitrogens with one attached hydrogen (secondary N) is 1. The minimum Gasteiger partial charge on any atom is -0.310 e. The molecule has 19 heavy (non-hydrogen) atoms. The minimum atomic E-state index is 0.544. The van der Waals surface area contributed by atoms with E-state index in [-0.39, 0.29) is 0 Å². The van der Waals surface area contributed by atoms with Gasteiger partial charge in [0.1, 0.15) is 0 Å². The van der Waals surface area contributed by atoms with Crippen LogP contribution in [-0.4, -0.2) is 30.6 Å². The van der Waals surface area contributed by atoms with Crippen molar-refractivity contribution in [1.29, 1.82) is 0 Å². The zero-order valence-electron chi connectivity index (χ0n) is 12.2. The van der Waals surface area contributed by atoms with Crippen molar-refractivity contribution in [2.75, 3.05) is 13.6 Å². The molecule has 1 aromatic rings. The molecule has 2 heteroatoms. The number of nitrogens with zero attached hydrogens (tertiary/aromatic N) is 1. The first-order chi connectivity index (χ1) is 9.29. The van der Waals surface area contributed by atoms with Crippen molar-refractivity contribution >= 4 is 0 Å². The summed E-state index contributed by atoms with van der Waals surface area (Å²) in [5, 5.41) is 3.73. The average molecular weight is 258 g/mol. The third-order valence-corrected chi connectivity index (χ3v) is 5.19. The van der Waals surface area contributed by atoms with Gasteiger partial charge in [0.05, 0.1) is 0 Å². The quantitative estimate of drug-likeness (QED) is 0.892. The molecule has 2 aliphatic heterocycles. The van der Waals surface area contributed by atoms with Crippen molar-refractivity contribution in [2.24, 2.45) is 5.92 Å². The highest BCUT2D eigenvalue weighted by molar-refractivity contribution is 5.20. The maximum Gasteiger partial charge on any atom is 0.0349 e. The van der Waals surface area contributed by atoms with Crippen LogP contribution in [0.1, 0.15) is 44.2 Å². The monoisotopic (exact) mass is 258 g/mol. The third kappa shape index (κ3) is 2.56. The summed E-state index contributed by atoms with van der Waals surface area (Å²) in [5.74, 6) is 0.802. The second-order valence-corrected chi connectivity index (χ2v) is 6.23. The van der Waals surface area contributed by atoms with Gasteiger partial charge >= 0.3 is 0 Å². The number of rotatable bonds is 4. The summed E-state index contributed by atoms with van der Waals surface area (Å²) in [5.41, 5.74) is 1.47. The van der Waals surface area contributed by atoms with E-state index in [0.717, 1.165) is 24.5 Å². The third-order valence-electron chi connectivity index (χ3n) is 5.19. The van der Waals surface area contributed by atoms with Gasteiger partial charge in [-0.1, -0.05) is 37.3 Å². The van der Waals surface area contributed by atoms with E-state index in [1.165, 1.54) is 31.2 Å². The second-order valence-electron chi connectivity index (χ2n) is 6.23. The Balaban J connectivity index is 1.78. The van der Waals surface area contributed by atoms with E-state index < -0.39 is 0 Å². The minimum absolute atomic E-state index is 0.544. The topological polar surface area (TPSA) is 15.3 Å². The van der Waals surface area contributed by atoms with Crippen molar-refractivity contribution in [2.45, 2.75) is 50.7 Å². The van der Waals surface area contributed by atoms with Gasteiger partial charge in [0.15, 0.2) is 0 Å². The van der Waals surface area contributed by atoms with Gasteiger partial charge in [-0.3, -0.25) is 0 Å². The summed E-state index contributed by atoms with van der Waals surface area (Å²) >= 11 is 0. The van der Waals surface area contributed by atoms with E-state index in [9.17, 15) is 0 Å². The summed E-state index contributed by atoms with van der Waals surface area (Å²) < 4.78 is 0. The molecule has 3 unspecified atom stereocenters. The van der Waals surface area contributed by atoms with Gasteiger partial charge in [-0.05, 0) is 50.8 Å². The molecule has 0 aliphatic carbocycles. The molecular weight excluding hydrogens is 232 g/mol. The zero-order chi connectivity index (χ0) is 13.2. The van der Waals surface area contributed by atoms with Crippen LogP contribution in [0.3, 0.4) is 0 Å². The van der Waals surface area contributed by atoms with E-state index >= 15 is 0 Å². The highest BCUT2D eigenvalue weighted by Crippen LogP contribution is 2.42. The second kappa shape index (κ2) is 5.64. The summed E-state index contributed by atoms with van der Waals surface area (Å²) in [6.45, 7) is 3.28. The highest BCUT2D eigenvalue weighted by Gasteiger charge is 2.41. The molecule has 1 aromatic carbocycles. The van der Waals surface area contributed by atoms with Crippen LogP contribution in [0.25, 0.3) is 0 Å². The highest BCUT2D eigenvalue weighted by atomic mass is 15.2. The standard InChI is InChI=1S/C17H26N2/c1-3-18-17(13-7-5-4-6-8-13)14-11-15-9-10-16(12-14)19(15)2/h4-8,14-18H,3,9-12H2,1-2H3. The fraction of sp³-hybridized carbons (Fsp3) is 0.647. The number of fused-ring (bicyclic) bond motifs is 2. The van der Waals surface area contributed by atoms with Crippen molar-refractivity contribution < 1.29 is 0 Å². The van der Waals surface area contributed by atoms with Crippen LogP contribution in [0, 0.1) is 5.92 Å². The van der Waals surface area contributed by atoms with Crippen LogP contribution in [0.4, 0.5) is 0 Å². The van der Waals surface area contributed by atoms with Crippen LogP contribution in [0.15, 0.2) is 30.3 Å². The predicted octanol–water partition coefficient (Wildman–Crippen LogP) is 3.21. The number of hydrogen-bond acceptors (Lipinski definition) is 2. The van der Waals surface area contributed by atoms with E-state index in [0.29, 0.717) is 6.04 Å². The molecule has 2 saturated heterocycles. The molecule has 0 saturated carbocycles. The summed E-state index contributed by atoms with van der Waals surface area (Å²) in [6.07, 6.45) is 5.54. The maximum absolute atomic E-state index is 3.73. The van der Waals surface area contributed by atoms with Crippen LogP contribution in [0.5, 0.6) is 0 Å². The van der Waals surface area contributed by atoms with Crippen molar-refractivity contribution in [3.8, 4) is 0 Å². The lowest BCUT2D eigenvalue weighted by molar-refractivity contribution is 0.113. The van der Waals surface area contributed by atoms with Crippen molar-refractivity contribution in [3.05, 3.63) is 35.9 Å². The molecule has 104 valence electrons. The molecule has 2 heterocycles. The molecule has 3 rings (SSSR count). The van der Waals surface area contributed by atoms with Crippen molar-refractivity contribution in [1.82, 2.24) is 10.2 Å². The Hall–Kier alpha value is -0.860. The fourth-order valence-corrected chi connectivity index (χ4v) is 4.16. The van der Waals surface area contributed by atoms with Gasteiger partial charge in [0.2, 0.25) is 0 Å². The Morgan fingerprint density at radius 1 is 1.16 bits per heavy atom. The first-order valence-electron chi connectivity index (χ1n) is 7.80. The molecule has 0 radical (unpaired) electrons. The molecule has 0 spiro atoms. The Morgan fingerprint density at radius 2 is 1.79 bits per heavy atom. The summed E-state index contributed by atoms with van der Waals surface area (Å²) in [6, 6.07) is 13.2. The van der Waals surface area contributed by atoms with Gasteiger partial charge < -0.3 is 10.2 Å². The Morgan fingerprint density at radius 3 is 2.37 bits per heavy atom. The summed E-state index contributed by atoms with van der Waals surface area (Å²) in [7, 11) is 2.32. The predicted molar refractivity (Wildman–Crippen MR) is 80.2 cm³/mol. The van der Waals surface area contributed by atoms with Crippen LogP contribution in [-0.2, 0) is 0 Å². The molecule has 2 nitrogen and oxygen atoms in total. The van der Waals surface area contributed by atoms with Crippen LogP contribution >= 0.6 is 0 Å². The maximum atomic E-state index is 3.73. The van der Waals surface area contributed by atoms with E-state index in [2.05, 4.69) is 54.5 Å². The number of benzene rings is 1. The lowest BCUT2D eigenvalue weighted by Gasteiger charge is -2.40. The smallest absolute Gasteiger partial charge is 0.0349 e. The van der Waals surface area contributed by atoms with Crippen LogP contribution < -0.4 is 5.32 Å². The fourth-order valence-electron chi connectivity index (χ4n) is 4.16. The number of hydrogen-bond donors (Lipinski definition) is 1. The van der Waals surface area contributed by atoms with E-state index in [4.69, 9.17) is 0 Å². The van der Waals surface area contributed by atoms with Crippen molar-refractivity contribution in [3.63, 3.8) is 0 Å². The zero-order valence-corrected chi connectivity index (χ0v) is 12.2. The molecule has 0 amide bonds. The summed E-state index contributed by atoms with van der Waals surface area (Å²) in [4.78, 5) is 2.63. The molecule has 0 aromatic heterocycles. The molecule has 2 bridgehead atoms. The lowest BCUT2D eigenvalue weighted by atomic mass is 9.82. The Bertz CT molecular complexity index is 389. The van der Waals surface area contributed by atoms with E-state index in [1.807, 2.05) is 0 Å². The Kier molecular flexibility index (Phi) is 3.90. The molecule has 1 N–H and O–H groups in total. The SMILES string of the molecule is CCNC(c1ccccc1)C1CC2CCC(C1)N2C. The van der Waals surface area contributed by atoms with Crippen LogP contribution in [0.2, 0.25) is 0 Å². The number of piperidine rings is 1. The lowest BCUT2D eigenvalue weighted by Crippen LogP contribution is -2.43. The first-order valence-corrected chi connectivity index (χ1v) is 7.80. The Labute approximate surface area is 117 Å². The van der Waals surface area contributed by atoms with Gasteiger partial charge in [-0.15, -0.1) is 0 Å². The average Bonchev–Trinajstić information content (AvgIpc) is 2.67. The van der Waals surface area contributed by atoms with Gasteiger partial charge in [0, 0.05) is 18.1 Å². The largest absolute Gasteiger partial charge is 0.310 e. The normalized spacial score (nSPS) is 32.4.